The summed E-state index contributed by atoms with van der Waals surface area (Å²) in [6.45, 7) is 0. The zero-order valence-electron chi connectivity index (χ0n) is 10.1. The summed E-state index contributed by atoms with van der Waals surface area (Å²) in [5.74, 6) is 1.55. The second-order valence-corrected chi connectivity index (χ2v) is 4.96. The Morgan fingerprint density at radius 1 is 1.28 bits per heavy atom. The van der Waals surface area contributed by atoms with Crippen LogP contribution in [0, 0.1) is 0 Å². The first-order chi connectivity index (χ1) is 8.68. The normalized spacial score (nSPS) is 11.1. The van der Waals surface area contributed by atoms with Crippen LogP contribution in [0.4, 0.5) is 5.69 Å². The van der Waals surface area contributed by atoms with Gasteiger partial charge in [-0.1, -0.05) is 0 Å². The number of anilines is 1. The van der Waals surface area contributed by atoms with Gasteiger partial charge in [0.1, 0.15) is 10.1 Å². The number of pyridine rings is 1. The van der Waals surface area contributed by atoms with E-state index < -0.39 is 0 Å². The minimum atomic E-state index is 0.756. The van der Waals surface area contributed by atoms with Gasteiger partial charge < -0.3 is 9.32 Å². The van der Waals surface area contributed by atoms with E-state index in [4.69, 9.17) is 4.42 Å². The summed E-state index contributed by atoms with van der Waals surface area (Å²) in [5.41, 5.74) is 2.14. The van der Waals surface area contributed by atoms with E-state index in [2.05, 4.69) is 31.9 Å². The molecule has 0 aliphatic carbocycles. The van der Waals surface area contributed by atoms with Gasteiger partial charge in [-0.3, -0.25) is 4.40 Å². The molecule has 5 heteroatoms. The number of imidazole rings is 1. The highest BCUT2D eigenvalue weighted by molar-refractivity contribution is 9.10. The van der Waals surface area contributed by atoms with Crippen LogP contribution < -0.4 is 4.90 Å². The smallest absolute Gasteiger partial charge is 0.182 e. The molecular formula is C13H12BrN3O. The van der Waals surface area contributed by atoms with Gasteiger partial charge in [-0.2, -0.15) is 0 Å². The molecule has 0 radical (unpaired) electrons. The van der Waals surface area contributed by atoms with Gasteiger partial charge in [-0.25, -0.2) is 4.98 Å². The Morgan fingerprint density at radius 3 is 2.78 bits per heavy atom. The first kappa shape index (κ1) is 11.3. The maximum Gasteiger partial charge on any atom is 0.182 e. The van der Waals surface area contributed by atoms with Crippen molar-refractivity contribution in [1.29, 1.82) is 0 Å². The third-order valence-corrected chi connectivity index (χ3v) is 3.38. The Hall–Kier alpha value is -1.75. The average molecular weight is 306 g/mol. The zero-order chi connectivity index (χ0) is 12.7. The van der Waals surface area contributed by atoms with Gasteiger partial charge in [-0.15, -0.1) is 0 Å². The number of nitrogens with zero attached hydrogens (tertiary/aromatic N) is 3. The van der Waals surface area contributed by atoms with E-state index in [9.17, 15) is 0 Å². The lowest BCUT2D eigenvalue weighted by Gasteiger charge is -2.14. The number of furan rings is 1. The molecule has 0 fully saturated rings. The molecule has 3 aromatic heterocycles. The topological polar surface area (TPSA) is 33.7 Å². The predicted molar refractivity (Wildman–Crippen MR) is 74.9 cm³/mol. The summed E-state index contributed by atoms with van der Waals surface area (Å²) < 4.78 is 8.27. The fourth-order valence-corrected chi connectivity index (χ4v) is 2.58. The molecule has 0 N–H and O–H groups in total. The summed E-state index contributed by atoms with van der Waals surface area (Å²) in [4.78, 5) is 6.60. The number of fused-ring (bicyclic) bond motifs is 1. The average Bonchev–Trinajstić information content (AvgIpc) is 2.97. The van der Waals surface area contributed by atoms with Crippen molar-refractivity contribution < 1.29 is 4.42 Å². The summed E-state index contributed by atoms with van der Waals surface area (Å²) in [5, 5.41) is 0. The van der Waals surface area contributed by atoms with Gasteiger partial charge in [0.15, 0.2) is 11.6 Å². The van der Waals surface area contributed by atoms with Crippen LogP contribution in [-0.4, -0.2) is 23.5 Å². The molecule has 0 bridgehead atoms. The molecule has 18 heavy (non-hydrogen) atoms. The molecule has 3 rings (SSSR count). The highest BCUT2D eigenvalue weighted by Crippen LogP contribution is 2.31. The van der Waals surface area contributed by atoms with Crippen molar-refractivity contribution >= 4 is 27.1 Å². The third kappa shape index (κ3) is 1.62. The van der Waals surface area contributed by atoms with E-state index in [1.165, 1.54) is 0 Å². The van der Waals surface area contributed by atoms with E-state index in [0.717, 1.165) is 27.4 Å². The lowest BCUT2D eigenvalue weighted by atomic mass is 10.3. The predicted octanol–water partition coefficient (Wildman–Crippen LogP) is 3.42. The second-order valence-electron chi connectivity index (χ2n) is 4.21. The lowest BCUT2D eigenvalue weighted by Crippen LogP contribution is -2.09. The van der Waals surface area contributed by atoms with Crippen LogP contribution in [0.25, 0.3) is 17.1 Å². The SMILES string of the molecule is CN(C)c1cccn2c(-c3ccco3)nc(Br)c12. The van der Waals surface area contributed by atoms with E-state index in [1.807, 2.05) is 42.9 Å². The molecular weight excluding hydrogens is 294 g/mol. The lowest BCUT2D eigenvalue weighted by molar-refractivity contribution is 0.577. The van der Waals surface area contributed by atoms with Gasteiger partial charge in [0.05, 0.1) is 12.0 Å². The van der Waals surface area contributed by atoms with Gasteiger partial charge in [-0.05, 0) is 40.2 Å². The summed E-state index contributed by atoms with van der Waals surface area (Å²) >= 11 is 3.52. The third-order valence-electron chi connectivity index (χ3n) is 2.82. The van der Waals surface area contributed by atoms with Crippen LogP contribution in [0.2, 0.25) is 0 Å². The summed E-state index contributed by atoms with van der Waals surface area (Å²) in [6, 6.07) is 7.83. The van der Waals surface area contributed by atoms with Crippen molar-refractivity contribution in [2.45, 2.75) is 0 Å². The monoisotopic (exact) mass is 305 g/mol. The van der Waals surface area contributed by atoms with Crippen molar-refractivity contribution in [3.05, 3.63) is 41.3 Å². The molecule has 0 saturated heterocycles. The molecule has 0 saturated carbocycles. The molecule has 92 valence electrons. The first-order valence-electron chi connectivity index (χ1n) is 5.56. The van der Waals surface area contributed by atoms with Crippen molar-refractivity contribution in [3.8, 4) is 11.6 Å². The Labute approximate surface area is 113 Å². The standard InChI is InChI=1S/C13H12BrN3O/c1-16(2)9-5-3-7-17-11(9)12(14)15-13(17)10-6-4-8-18-10/h3-8H,1-2H3. The Balaban J connectivity index is 2.35. The highest BCUT2D eigenvalue weighted by atomic mass is 79.9. The van der Waals surface area contributed by atoms with E-state index in [0.29, 0.717) is 0 Å². The minimum Gasteiger partial charge on any atom is -0.461 e. The highest BCUT2D eigenvalue weighted by Gasteiger charge is 2.16. The zero-order valence-corrected chi connectivity index (χ0v) is 11.7. The van der Waals surface area contributed by atoms with E-state index in [1.54, 1.807) is 6.26 Å². The van der Waals surface area contributed by atoms with Crippen LogP contribution >= 0.6 is 15.9 Å². The van der Waals surface area contributed by atoms with Gasteiger partial charge in [0, 0.05) is 20.3 Å². The Kier molecular flexibility index (Phi) is 2.63. The number of hydrogen-bond donors (Lipinski definition) is 0. The number of rotatable bonds is 2. The van der Waals surface area contributed by atoms with E-state index in [-0.39, 0.29) is 0 Å². The Bertz CT molecular complexity index is 686. The molecule has 0 aliphatic heterocycles. The van der Waals surface area contributed by atoms with Crippen molar-refractivity contribution in [3.63, 3.8) is 0 Å². The minimum absolute atomic E-state index is 0.756. The van der Waals surface area contributed by atoms with Crippen LogP contribution in [0.3, 0.4) is 0 Å². The van der Waals surface area contributed by atoms with E-state index >= 15 is 0 Å². The van der Waals surface area contributed by atoms with Crippen molar-refractivity contribution in [2.75, 3.05) is 19.0 Å². The largest absolute Gasteiger partial charge is 0.461 e. The van der Waals surface area contributed by atoms with Gasteiger partial charge in [0.2, 0.25) is 0 Å². The van der Waals surface area contributed by atoms with Gasteiger partial charge in [0.25, 0.3) is 0 Å². The maximum atomic E-state index is 5.42. The summed E-state index contributed by atoms with van der Waals surface area (Å²) in [7, 11) is 4.03. The molecule has 4 nitrogen and oxygen atoms in total. The maximum absolute atomic E-state index is 5.42. The molecule has 0 spiro atoms. The Morgan fingerprint density at radius 2 is 2.11 bits per heavy atom. The summed E-state index contributed by atoms with van der Waals surface area (Å²) in [6.07, 6.45) is 3.64. The molecule has 3 aromatic rings. The molecule has 0 aromatic carbocycles. The number of aromatic nitrogens is 2. The quantitative estimate of drug-likeness (QED) is 0.727. The molecule has 0 atom stereocenters. The first-order valence-corrected chi connectivity index (χ1v) is 6.35. The fourth-order valence-electron chi connectivity index (χ4n) is 2.02. The van der Waals surface area contributed by atoms with Crippen molar-refractivity contribution in [2.24, 2.45) is 0 Å². The molecule has 0 unspecified atom stereocenters. The second kappa shape index (κ2) is 4.17. The van der Waals surface area contributed by atoms with Gasteiger partial charge >= 0.3 is 0 Å². The molecule has 0 amide bonds. The van der Waals surface area contributed by atoms with Crippen molar-refractivity contribution in [1.82, 2.24) is 9.38 Å². The van der Waals surface area contributed by atoms with Crippen LogP contribution in [0.15, 0.2) is 45.7 Å². The van der Waals surface area contributed by atoms with Crippen LogP contribution in [-0.2, 0) is 0 Å². The molecule has 0 aliphatic rings. The number of halogens is 1. The number of hydrogen-bond acceptors (Lipinski definition) is 3. The molecule has 3 heterocycles. The van der Waals surface area contributed by atoms with Crippen LogP contribution in [0.5, 0.6) is 0 Å². The fraction of sp³-hybridized carbons (Fsp3) is 0.154. The van der Waals surface area contributed by atoms with Crippen LogP contribution in [0.1, 0.15) is 0 Å².